The number of esters is 1. The number of ether oxygens (including phenoxy) is 1. The van der Waals surface area contributed by atoms with Gasteiger partial charge in [0.1, 0.15) is 0 Å². The summed E-state index contributed by atoms with van der Waals surface area (Å²) >= 11 is 5.80. The first-order valence-corrected chi connectivity index (χ1v) is 9.06. The average molecular weight is 386 g/mol. The Kier molecular flexibility index (Phi) is 5.61. The highest BCUT2D eigenvalue weighted by molar-refractivity contribution is 6.30. The number of carbonyl (C=O) groups is 3. The van der Waals surface area contributed by atoms with Gasteiger partial charge in [-0.25, -0.2) is 0 Å². The Bertz CT molecular complexity index is 871. The molecule has 2 aromatic rings. The van der Waals surface area contributed by atoms with E-state index in [4.69, 9.17) is 16.3 Å². The molecule has 5 nitrogen and oxygen atoms in total. The maximum atomic E-state index is 12.4. The number of carbonyl (C=O) groups excluding carboxylic acids is 3. The summed E-state index contributed by atoms with van der Waals surface area (Å²) in [5.74, 6) is -1.52. The number of hydrogen-bond acceptors (Lipinski definition) is 4. The van der Waals surface area contributed by atoms with E-state index in [1.165, 1.54) is 0 Å². The number of para-hydroxylation sites is 1. The lowest BCUT2D eigenvalue weighted by Gasteiger charge is -2.21. The molecule has 0 unspecified atom stereocenters. The second kappa shape index (κ2) is 7.92. The van der Waals surface area contributed by atoms with E-state index in [0.29, 0.717) is 10.6 Å². The standard InChI is InChI=1S/C21H20ClNO4/c1-13-4-3-5-14(2)20(13)23-11-16(10-19(23)25)21(26)27-12-18(24)15-6-8-17(22)9-7-15/h3-9,16H,10-12H2,1-2H3/t16-/m0/s1. The Labute approximate surface area is 162 Å². The lowest BCUT2D eigenvalue weighted by atomic mass is 10.1. The Morgan fingerprint density at radius 3 is 2.37 bits per heavy atom. The number of aryl methyl sites for hydroxylation is 2. The van der Waals surface area contributed by atoms with E-state index < -0.39 is 11.9 Å². The van der Waals surface area contributed by atoms with Crippen molar-refractivity contribution in [2.45, 2.75) is 20.3 Å². The minimum absolute atomic E-state index is 0.0851. The van der Waals surface area contributed by atoms with Crippen molar-refractivity contribution in [3.05, 3.63) is 64.2 Å². The fourth-order valence-electron chi connectivity index (χ4n) is 3.29. The molecule has 1 aliphatic heterocycles. The Hall–Kier alpha value is -2.66. The number of rotatable bonds is 5. The van der Waals surface area contributed by atoms with E-state index in [0.717, 1.165) is 16.8 Å². The van der Waals surface area contributed by atoms with E-state index in [-0.39, 0.29) is 31.3 Å². The SMILES string of the molecule is Cc1cccc(C)c1N1C[C@@H](C(=O)OCC(=O)c2ccc(Cl)cc2)CC1=O. The molecular formula is C21H20ClNO4. The number of benzene rings is 2. The Balaban J connectivity index is 1.62. The van der Waals surface area contributed by atoms with E-state index in [1.807, 2.05) is 32.0 Å². The molecule has 1 saturated heterocycles. The number of nitrogens with zero attached hydrogens (tertiary/aromatic N) is 1. The van der Waals surface area contributed by atoms with Crippen LogP contribution in [0.2, 0.25) is 5.02 Å². The number of amides is 1. The van der Waals surface area contributed by atoms with E-state index in [9.17, 15) is 14.4 Å². The monoisotopic (exact) mass is 385 g/mol. The predicted octanol–water partition coefficient (Wildman–Crippen LogP) is 3.74. The minimum atomic E-state index is -0.575. The van der Waals surface area contributed by atoms with Crippen molar-refractivity contribution in [3.63, 3.8) is 0 Å². The van der Waals surface area contributed by atoms with Gasteiger partial charge in [0, 0.05) is 29.2 Å². The van der Waals surface area contributed by atoms with Crippen molar-refractivity contribution < 1.29 is 19.1 Å². The van der Waals surface area contributed by atoms with Crippen molar-refractivity contribution >= 4 is 34.9 Å². The fraction of sp³-hybridized carbons (Fsp3) is 0.286. The fourth-order valence-corrected chi connectivity index (χ4v) is 3.41. The molecule has 1 atom stereocenters. The molecule has 0 aromatic heterocycles. The quantitative estimate of drug-likeness (QED) is 0.581. The van der Waals surface area contributed by atoms with Gasteiger partial charge in [-0.15, -0.1) is 0 Å². The number of hydrogen-bond donors (Lipinski definition) is 0. The van der Waals surface area contributed by atoms with Crippen molar-refractivity contribution in [2.75, 3.05) is 18.1 Å². The molecule has 27 heavy (non-hydrogen) atoms. The molecule has 0 bridgehead atoms. The summed E-state index contributed by atoms with van der Waals surface area (Å²) in [5, 5.41) is 0.527. The molecule has 1 fully saturated rings. The summed E-state index contributed by atoms with van der Waals surface area (Å²) in [4.78, 5) is 38.5. The third kappa shape index (κ3) is 4.19. The largest absolute Gasteiger partial charge is 0.457 e. The molecule has 1 amide bonds. The minimum Gasteiger partial charge on any atom is -0.457 e. The number of halogens is 1. The van der Waals surface area contributed by atoms with Crippen LogP contribution in [0.5, 0.6) is 0 Å². The van der Waals surface area contributed by atoms with Crippen LogP contribution in [0.1, 0.15) is 27.9 Å². The van der Waals surface area contributed by atoms with Crippen LogP contribution < -0.4 is 4.90 Å². The molecule has 0 radical (unpaired) electrons. The van der Waals surface area contributed by atoms with E-state index >= 15 is 0 Å². The van der Waals surface area contributed by atoms with Gasteiger partial charge in [0.2, 0.25) is 5.91 Å². The second-order valence-corrected chi connectivity index (χ2v) is 7.12. The van der Waals surface area contributed by atoms with Crippen LogP contribution in [0.4, 0.5) is 5.69 Å². The number of ketones is 1. The Morgan fingerprint density at radius 1 is 1.11 bits per heavy atom. The smallest absolute Gasteiger partial charge is 0.311 e. The molecule has 1 heterocycles. The van der Waals surface area contributed by atoms with E-state index in [2.05, 4.69) is 0 Å². The predicted molar refractivity (Wildman–Crippen MR) is 103 cm³/mol. The zero-order valence-electron chi connectivity index (χ0n) is 15.2. The third-order valence-corrected chi connectivity index (χ3v) is 4.93. The van der Waals surface area contributed by atoms with Crippen LogP contribution in [0.15, 0.2) is 42.5 Å². The topological polar surface area (TPSA) is 63.7 Å². The van der Waals surface area contributed by atoms with Gasteiger partial charge in [0.15, 0.2) is 12.4 Å². The van der Waals surface area contributed by atoms with Crippen molar-refractivity contribution in [3.8, 4) is 0 Å². The maximum Gasteiger partial charge on any atom is 0.311 e. The van der Waals surface area contributed by atoms with Crippen LogP contribution in [0, 0.1) is 19.8 Å². The molecule has 3 rings (SSSR count). The molecule has 0 N–H and O–H groups in total. The van der Waals surface area contributed by atoms with E-state index in [1.54, 1.807) is 29.2 Å². The van der Waals surface area contributed by atoms with Gasteiger partial charge in [-0.05, 0) is 49.2 Å². The van der Waals surface area contributed by atoms with Crippen LogP contribution in [-0.2, 0) is 14.3 Å². The first-order valence-electron chi connectivity index (χ1n) is 8.69. The summed E-state index contributed by atoms with van der Waals surface area (Å²) in [6, 6.07) is 12.2. The average Bonchev–Trinajstić information content (AvgIpc) is 3.01. The molecule has 0 aliphatic carbocycles. The number of Topliss-reactive ketones (excluding diaryl/α,β-unsaturated/α-hetero) is 1. The van der Waals surface area contributed by atoms with Gasteiger partial charge >= 0.3 is 5.97 Å². The summed E-state index contributed by atoms with van der Waals surface area (Å²) < 4.78 is 5.17. The highest BCUT2D eigenvalue weighted by Crippen LogP contribution is 2.31. The molecule has 1 aliphatic rings. The molecule has 0 saturated carbocycles. The van der Waals surface area contributed by atoms with Crippen LogP contribution in [-0.4, -0.2) is 30.8 Å². The normalized spacial score (nSPS) is 16.5. The summed E-state index contributed by atoms with van der Waals surface area (Å²) in [5.41, 5.74) is 3.23. The zero-order valence-corrected chi connectivity index (χ0v) is 16.0. The van der Waals surface area contributed by atoms with Gasteiger partial charge in [-0.1, -0.05) is 29.8 Å². The molecular weight excluding hydrogens is 366 g/mol. The first-order chi connectivity index (χ1) is 12.9. The molecule has 6 heteroatoms. The molecule has 140 valence electrons. The van der Waals surface area contributed by atoms with Gasteiger partial charge in [0.25, 0.3) is 0 Å². The summed E-state index contributed by atoms with van der Waals surface area (Å²) in [6.07, 6.45) is 0.0851. The summed E-state index contributed by atoms with van der Waals surface area (Å²) in [7, 11) is 0. The van der Waals surface area contributed by atoms with Gasteiger partial charge in [0.05, 0.1) is 5.92 Å². The van der Waals surface area contributed by atoms with Crippen LogP contribution in [0.3, 0.4) is 0 Å². The number of anilines is 1. The lowest BCUT2D eigenvalue weighted by molar-refractivity contribution is -0.147. The highest BCUT2D eigenvalue weighted by Gasteiger charge is 2.37. The highest BCUT2D eigenvalue weighted by atomic mass is 35.5. The van der Waals surface area contributed by atoms with Gasteiger partial charge in [-0.3, -0.25) is 14.4 Å². The van der Waals surface area contributed by atoms with Crippen molar-refractivity contribution in [1.29, 1.82) is 0 Å². The lowest BCUT2D eigenvalue weighted by Crippen LogP contribution is -2.28. The Morgan fingerprint density at radius 2 is 1.74 bits per heavy atom. The molecule has 0 spiro atoms. The zero-order chi connectivity index (χ0) is 19.6. The van der Waals surface area contributed by atoms with Gasteiger partial charge in [-0.2, -0.15) is 0 Å². The van der Waals surface area contributed by atoms with Crippen LogP contribution in [0.25, 0.3) is 0 Å². The van der Waals surface area contributed by atoms with Crippen LogP contribution >= 0.6 is 11.6 Å². The first kappa shape index (κ1) is 19.1. The molecule has 2 aromatic carbocycles. The maximum absolute atomic E-state index is 12.4. The van der Waals surface area contributed by atoms with Crippen molar-refractivity contribution in [1.82, 2.24) is 0 Å². The third-order valence-electron chi connectivity index (χ3n) is 4.68. The second-order valence-electron chi connectivity index (χ2n) is 6.68. The summed E-state index contributed by atoms with van der Waals surface area (Å²) in [6.45, 7) is 3.78. The van der Waals surface area contributed by atoms with Gasteiger partial charge < -0.3 is 9.64 Å². The van der Waals surface area contributed by atoms with Crippen molar-refractivity contribution in [2.24, 2.45) is 5.92 Å².